The first kappa shape index (κ1) is 16.0. The van der Waals surface area contributed by atoms with Crippen LogP contribution in [0.25, 0.3) is 0 Å². The number of alkyl halides is 1. The van der Waals surface area contributed by atoms with Crippen molar-refractivity contribution < 1.29 is 4.39 Å². The number of nitrogens with one attached hydrogen (secondary N) is 1. The van der Waals surface area contributed by atoms with Crippen LogP contribution in [0.3, 0.4) is 0 Å². The van der Waals surface area contributed by atoms with E-state index in [1.165, 1.54) is 6.33 Å². The van der Waals surface area contributed by atoms with Crippen molar-refractivity contribution >= 4 is 0 Å². The molecule has 0 spiro atoms. The highest BCUT2D eigenvalue weighted by Crippen LogP contribution is 2.22. The van der Waals surface area contributed by atoms with E-state index in [4.69, 9.17) is 0 Å². The summed E-state index contributed by atoms with van der Waals surface area (Å²) in [5, 5.41) is 7.70. The Morgan fingerprint density at radius 2 is 2.17 bits per heavy atom. The maximum Gasteiger partial charge on any atom is 0.115 e. The lowest BCUT2D eigenvalue weighted by molar-refractivity contribution is 0.229. The van der Waals surface area contributed by atoms with Gasteiger partial charge in [-0.05, 0) is 19.4 Å². The molecule has 0 radical (unpaired) electrons. The fourth-order valence-electron chi connectivity index (χ4n) is 3.14. The molecule has 1 aliphatic heterocycles. The smallest absolute Gasteiger partial charge is 0.115 e. The van der Waals surface area contributed by atoms with Gasteiger partial charge in [-0.2, -0.15) is 5.10 Å². The first-order chi connectivity index (χ1) is 11.3. The monoisotopic (exact) mass is 318 g/mol. The van der Waals surface area contributed by atoms with Crippen LogP contribution in [-0.2, 0) is 19.6 Å². The van der Waals surface area contributed by atoms with E-state index in [0.29, 0.717) is 19.5 Å². The topological polar surface area (TPSA) is 58.9 Å². The minimum atomic E-state index is -0.757. The Labute approximate surface area is 135 Å². The van der Waals surface area contributed by atoms with Crippen molar-refractivity contribution in [2.75, 3.05) is 13.1 Å². The molecule has 23 heavy (non-hydrogen) atoms. The highest BCUT2D eigenvalue weighted by Gasteiger charge is 2.31. The van der Waals surface area contributed by atoms with E-state index < -0.39 is 6.17 Å². The molecule has 0 aromatic carbocycles. The molecule has 3 heterocycles. The van der Waals surface area contributed by atoms with Gasteiger partial charge in [0.25, 0.3) is 0 Å². The zero-order valence-corrected chi connectivity index (χ0v) is 13.4. The Hall–Kier alpha value is -1.86. The molecule has 0 aliphatic carbocycles. The van der Waals surface area contributed by atoms with Crippen molar-refractivity contribution in [3.05, 3.63) is 42.2 Å². The summed E-state index contributed by atoms with van der Waals surface area (Å²) in [5.74, 6) is 0. The maximum absolute atomic E-state index is 13.8. The third-order valence-corrected chi connectivity index (χ3v) is 4.27. The number of likely N-dealkylation sites (tertiary alicyclic amines) is 1. The zero-order chi connectivity index (χ0) is 16.1. The largest absolute Gasteiger partial charge is 0.310 e. The minimum absolute atomic E-state index is 0.197. The van der Waals surface area contributed by atoms with Crippen LogP contribution in [-0.4, -0.2) is 50.0 Å². The molecule has 7 heteroatoms. The normalized spacial score (nSPS) is 21.8. The molecule has 124 valence electrons. The number of hydrogen-bond acceptors (Lipinski definition) is 5. The Morgan fingerprint density at radius 1 is 1.35 bits per heavy atom. The molecular weight excluding hydrogens is 295 g/mol. The number of aromatic nitrogens is 4. The van der Waals surface area contributed by atoms with Crippen LogP contribution in [0.2, 0.25) is 0 Å². The van der Waals surface area contributed by atoms with Crippen molar-refractivity contribution in [2.24, 2.45) is 0 Å². The van der Waals surface area contributed by atoms with Crippen molar-refractivity contribution in [1.29, 1.82) is 0 Å². The molecule has 1 aliphatic rings. The molecule has 1 saturated heterocycles. The predicted octanol–water partition coefficient (Wildman–Crippen LogP) is 1.40. The summed E-state index contributed by atoms with van der Waals surface area (Å²) in [4.78, 5) is 10.2. The molecule has 0 bridgehead atoms. The number of hydrogen-bond donors (Lipinski definition) is 1. The van der Waals surface area contributed by atoms with Gasteiger partial charge in [-0.1, -0.05) is 0 Å². The number of nitrogens with zero attached hydrogens (tertiary/aromatic N) is 5. The van der Waals surface area contributed by atoms with Crippen LogP contribution < -0.4 is 5.32 Å². The number of rotatable bonds is 7. The zero-order valence-electron chi connectivity index (χ0n) is 13.4. The Bertz CT molecular complexity index is 602. The molecule has 0 amide bonds. The second kappa shape index (κ2) is 7.61. The molecular formula is C16H23FN6. The van der Waals surface area contributed by atoms with Gasteiger partial charge in [-0.25, -0.2) is 14.4 Å². The summed E-state index contributed by atoms with van der Waals surface area (Å²) in [6.45, 7) is 5.63. The van der Waals surface area contributed by atoms with Crippen LogP contribution >= 0.6 is 0 Å². The molecule has 2 aromatic heterocycles. The van der Waals surface area contributed by atoms with Gasteiger partial charge >= 0.3 is 0 Å². The molecule has 6 nitrogen and oxygen atoms in total. The molecule has 3 rings (SSSR count). The summed E-state index contributed by atoms with van der Waals surface area (Å²) in [6, 6.07) is 2.21. The minimum Gasteiger partial charge on any atom is -0.310 e. The summed E-state index contributed by atoms with van der Waals surface area (Å²) in [7, 11) is 0. The number of halogens is 1. The van der Waals surface area contributed by atoms with Gasteiger partial charge in [0.05, 0.1) is 5.69 Å². The molecule has 0 unspecified atom stereocenters. The standard InChI is InChI=1S/C16H23FN6/c1-2-23-15(3-4-21-23)8-18-9-16-5-14(17)11-22(16)10-13-6-19-12-20-7-13/h3-4,6-7,12,14,16,18H,2,5,8-11H2,1H3/t14-,16-/m0/s1. The van der Waals surface area contributed by atoms with Crippen molar-refractivity contribution in [3.63, 3.8) is 0 Å². The van der Waals surface area contributed by atoms with Crippen molar-refractivity contribution in [2.45, 2.75) is 45.2 Å². The fraction of sp³-hybridized carbons (Fsp3) is 0.562. The highest BCUT2D eigenvalue weighted by atomic mass is 19.1. The average Bonchev–Trinajstić information content (AvgIpc) is 3.15. The van der Waals surface area contributed by atoms with E-state index >= 15 is 0 Å². The fourth-order valence-corrected chi connectivity index (χ4v) is 3.14. The van der Waals surface area contributed by atoms with E-state index in [2.05, 4.69) is 32.2 Å². The predicted molar refractivity (Wildman–Crippen MR) is 85.4 cm³/mol. The summed E-state index contributed by atoms with van der Waals surface area (Å²) in [6.07, 6.45) is 6.74. The third-order valence-electron chi connectivity index (χ3n) is 4.27. The lowest BCUT2D eigenvalue weighted by Gasteiger charge is -2.24. The molecule has 1 N–H and O–H groups in total. The van der Waals surface area contributed by atoms with Crippen LogP contribution in [0.4, 0.5) is 4.39 Å². The van der Waals surface area contributed by atoms with Gasteiger partial charge in [-0.3, -0.25) is 9.58 Å². The van der Waals surface area contributed by atoms with E-state index in [1.807, 2.05) is 16.9 Å². The van der Waals surface area contributed by atoms with E-state index in [9.17, 15) is 4.39 Å². The van der Waals surface area contributed by atoms with Gasteiger partial charge in [0.1, 0.15) is 12.5 Å². The molecule has 2 atom stereocenters. The van der Waals surface area contributed by atoms with E-state index in [-0.39, 0.29) is 6.04 Å². The lowest BCUT2D eigenvalue weighted by Crippen LogP contribution is -2.37. The highest BCUT2D eigenvalue weighted by molar-refractivity contribution is 5.04. The van der Waals surface area contributed by atoms with Crippen LogP contribution in [0.5, 0.6) is 0 Å². The Balaban J connectivity index is 1.53. The second-order valence-corrected chi connectivity index (χ2v) is 5.93. The van der Waals surface area contributed by atoms with Gasteiger partial charge < -0.3 is 5.32 Å². The van der Waals surface area contributed by atoms with Gasteiger partial charge in [0.15, 0.2) is 0 Å². The van der Waals surface area contributed by atoms with E-state index in [1.54, 1.807) is 12.4 Å². The molecule has 1 fully saturated rings. The third kappa shape index (κ3) is 4.11. The average molecular weight is 318 g/mol. The lowest BCUT2D eigenvalue weighted by atomic mass is 10.2. The molecule has 0 saturated carbocycles. The van der Waals surface area contributed by atoms with E-state index in [0.717, 1.165) is 30.9 Å². The summed E-state index contributed by atoms with van der Waals surface area (Å²) < 4.78 is 15.8. The second-order valence-electron chi connectivity index (χ2n) is 5.93. The van der Waals surface area contributed by atoms with Crippen LogP contribution in [0.1, 0.15) is 24.6 Å². The van der Waals surface area contributed by atoms with Gasteiger partial charge in [-0.15, -0.1) is 0 Å². The Morgan fingerprint density at radius 3 is 2.96 bits per heavy atom. The SMILES string of the molecule is CCn1nccc1CNC[C@@H]1C[C@H](F)CN1Cc1cncnc1. The summed E-state index contributed by atoms with van der Waals surface area (Å²) in [5.41, 5.74) is 2.18. The maximum atomic E-state index is 13.8. The van der Waals surface area contributed by atoms with Crippen LogP contribution in [0.15, 0.2) is 31.0 Å². The molecule has 2 aromatic rings. The van der Waals surface area contributed by atoms with Crippen LogP contribution in [0, 0.1) is 0 Å². The quantitative estimate of drug-likeness (QED) is 0.836. The first-order valence-electron chi connectivity index (χ1n) is 8.09. The summed E-state index contributed by atoms with van der Waals surface area (Å²) >= 11 is 0. The number of aryl methyl sites for hydroxylation is 1. The van der Waals surface area contributed by atoms with Crippen molar-refractivity contribution in [3.8, 4) is 0 Å². The van der Waals surface area contributed by atoms with Gasteiger partial charge in [0.2, 0.25) is 0 Å². The Kier molecular flexibility index (Phi) is 5.30. The van der Waals surface area contributed by atoms with Gasteiger partial charge in [0, 0.05) is 62.9 Å². The first-order valence-corrected chi connectivity index (χ1v) is 8.09. The van der Waals surface area contributed by atoms with Crippen molar-refractivity contribution in [1.82, 2.24) is 30.0 Å².